The molecule has 0 radical (unpaired) electrons. The van der Waals surface area contributed by atoms with Crippen molar-refractivity contribution >= 4 is 0 Å². The molecule has 1 aromatic heterocycles. The molecule has 4 nitrogen and oxygen atoms in total. The average molecular weight is 335 g/mol. The molecule has 0 bridgehead atoms. The minimum Gasteiger partial charge on any atom is -0.392 e. The quantitative estimate of drug-likeness (QED) is 0.913. The Labute approximate surface area is 140 Å². The molecule has 0 unspecified atom stereocenters. The summed E-state index contributed by atoms with van der Waals surface area (Å²) in [6, 6.07) is 3.85. The van der Waals surface area contributed by atoms with Gasteiger partial charge in [0.15, 0.2) is 11.6 Å². The third-order valence-electron chi connectivity index (χ3n) is 4.33. The minimum atomic E-state index is -0.849. The summed E-state index contributed by atoms with van der Waals surface area (Å²) in [7, 11) is 0. The number of rotatable bonds is 5. The lowest BCUT2D eigenvalue weighted by Gasteiger charge is -2.24. The maximum Gasteiger partial charge on any atom is 0.159 e. The smallest absolute Gasteiger partial charge is 0.159 e. The monoisotopic (exact) mass is 335 g/mol. The first-order chi connectivity index (χ1) is 11.4. The molecule has 1 fully saturated rings. The molecule has 1 saturated heterocycles. The summed E-state index contributed by atoms with van der Waals surface area (Å²) in [6.07, 6.45) is 3.89. The highest BCUT2D eigenvalue weighted by molar-refractivity contribution is 5.23. The maximum atomic E-state index is 13.5. The second kappa shape index (κ2) is 6.99. The van der Waals surface area contributed by atoms with Crippen molar-refractivity contribution in [3.05, 3.63) is 53.4 Å². The Morgan fingerprint density at radius 1 is 1.29 bits per heavy atom. The van der Waals surface area contributed by atoms with Gasteiger partial charge in [0.1, 0.15) is 0 Å². The predicted octanol–water partition coefficient (Wildman–Crippen LogP) is 3.13. The van der Waals surface area contributed by atoms with Crippen LogP contribution in [0, 0.1) is 17.6 Å². The topological polar surface area (TPSA) is 41.3 Å². The van der Waals surface area contributed by atoms with Gasteiger partial charge in [-0.3, -0.25) is 9.58 Å². The first kappa shape index (κ1) is 17.0. The Morgan fingerprint density at radius 2 is 2.08 bits per heavy atom. The van der Waals surface area contributed by atoms with Crippen molar-refractivity contribution in [2.45, 2.75) is 45.5 Å². The van der Waals surface area contributed by atoms with Gasteiger partial charge in [-0.1, -0.05) is 19.9 Å². The van der Waals surface area contributed by atoms with E-state index in [1.807, 2.05) is 17.1 Å². The number of benzene rings is 1. The molecule has 2 atom stereocenters. The number of aliphatic hydroxyl groups excluding tert-OH is 1. The van der Waals surface area contributed by atoms with Gasteiger partial charge in [0.2, 0.25) is 0 Å². The molecule has 0 saturated carbocycles. The van der Waals surface area contributed by atoms with Crippen LogP contribution < -0.4 is 0 Å². The Kier molecular flexibility index (Phi) is 4.96. The molecule has 130 valence electrons. The molecule has 6 heteroatoms. The molecule has 2 aromatic rings. The van der Waals surface area contributed by atoms with Gasteiger partial charge >= 0.3 is 0 Å². The molecule has 0 aliphatic carbocycles. The third kappa shape index (κ3) is 3.82. The van der Waals surface area contributed by atoms with Crippen molar-refractivity contribution < 1.29 is 13.9 Å². The van der Waals surface area contributed by atoms with Gasteiger partial charge in [0.25, 0.3) is 0 Å². The molecule has 24 heavy (non-hydrogen) atoms. The molecule has 3 rings (SSSR count). The Morgan fingerprint density at radius 3 is 2.79 bits per heavy atom. The molecular formula is C18H23F2N3O. The lowest BCUT2D eigenvalue weighted by atomic mass is 10.0. The van der Waals surface area contributed by atoms with Crippen LogP contribution in [0.4, 0.5) is 8.78 Å². The fourth-order valence-corrected chi connectivity index (χ4v) is 3.32. The number of halogens is 2. The van der Waals surface area contributed by atoms with Gasteiger partial charge in [0.05, 0.1) is 12.3 Å². The lowest BCUT2D eigenvalue weighted by molar-refractivity contribution is 0.172. The molecule has 1 aliphatic rings. The Bertz CT molecular complexity index is 701. The van der Waals surface area contributed by atoms with Crippen molar-refractivity contribution in [3.8, 4) is 0 Å². The number of nitrogens with zero attached hydrogens (tertiary/aromatic N) is 3. The van der Waals surface area contributed by atoms with Crippen LogP contribution in [0.2, 0.25) is 0 Å². The zero-order valence-corrected chi connectivity index (χ0v) is 14.0. The number of hydrogen-bond donors (Lipinski definition) is 1. The van der Waals surface area contributed by atoms with Gasteiger partial charge in [-0.25, -0.2) is 8.78 Å². The summed E-state index contributed by atoms with van der Waals surface area (Å²) < 4.78 is 28.6. The fraction of sp³-hybridized carbons (Fsp3) is 0.500. The van der Waals surface area contributed by atoms with Crippen LogP contribution in [-0.2, 0) is 13.1 Å². The van der Waals surface area contributed by atoms with Crippen molar-refractivity contribution in [1.82, 2.24) is 14.7 Å². The van der Waals surface area contributed by atoms with Crippen LogP contribution in [0.25, 0.3) is 0 Å². The van der Waals surface area contributed by atoms with Crippen LogP contribution in [0.15, 0.2) is 30.6 Å². The van der Waals surface area contributed by atoms with E-state index in [1.165, 1.54) is 6.07 Å². The van der Waals surface area contributed by atoms with E-state index in [0.717, 1.165) is 18.2 Å². The van der Waals surface area contributed by atoms with Crippen molar-refractivity contribution in [2.24, 2.45) is 5.92 Å². The first-order valence-corrected chi connectivity index (χ1v) is 8.30. The predicted molar refractivity (Wildman–Crippen MR) is 87.2 cm³/mol. The number of aromatic nitrogens is 2. The van der Waals surface area contributed by atoms with E-state index in [4.69, 9.17) is 0 Å². The highest BCUT2D eigenvalue weighted by Gasteiger charge is 2.32. The number of likely N-dealkylation sites (tertiary alicyclic amines) is 1. The summed E-state index contributed by atoms with van der Waals surface area (Å²) in [6.45, 7) is 6.27. The van der Waals surface area contributed by atoms with E-state index in [9.17, 15) is 13.9 Å². The highest BCUT2D eigenvalue weighted by Crippen LogP contribution is 2.34. The van der Waals surface area contributed by atoms with Crippen LogP contribution >= 0.6 is 0 Å². The lowest BCUT2D eigenvalue weighted by Crippen LogP contribution is -2.24. The van der Waals surface area contributed by atoms with Gasteiger partial charge in [-0.15, -0.1) is 0 Å². The molecule has 1 aromatic carbocycles. The van der Waals surface area contributed by atoms with Gasteiger partial charge in [0, 0.05) is 37.4 Å². The molecule has 2 heterocycles. The molecule has 1 N–H and O–H groups in total. The summed E-state index contributed by atoms with van der Waals surface area (Å²) in [4.78, 5) is 2.09. The average Bonchev–Trinajstić information content (AvgIpc) is 3.08. The zero-order valence-electron chi connectivity index (χ0n) is 14.0. The molecule has 0 amide bonds. The van der Waals surface area contributed by atoms with Crippen molar-refractivity contribution in [1.29, 1.82) is 0 Å². The van der Waals surface area contributed by atoms with Gasteiger partial charge in [-0.05, 0) is 30.0 Å². The summed E-state index contributed by atoms with van der Waals surface area (Å²) in [5.74, 6) is -1.18. The molecular weight excluding hydrogens is 312 g/mol. The zero-order chi connectivity index (χ0) is 17.3. The standard InChI is InChI=1S/C18H23F2N3O/c1-12(2)8-23-10-13(7-21-23)9-22-11-15(24)6-18(22)14-3-4-16(19)17(20)5-14/h3-5,7,10,12,15,18,24H,6,8-9,11H2,1-2H3/t15-,18+/m0/s1. The Hall–Kier alpha value is -1.79. The summed E-state index contributed by atoms with van der Waals surface area (Å²) in [5.41, 5.74) is 1.75. The van der Waals surface area contributed by atoms with Gasteiger partial charge in [-0.2, -0.15) is 5.10 Å². The third-order valence-corrected chi connectivity index (χ3v) is 4.33. The largest absolute Gasteiger partial charge is 0.392 e. The Balaban J connectivity index is 1.75. The second-order valence-corrected chi connectivity index (χ2v) is 6.97. The first-order valence-electron chi connectivity index (χ1n) is 8.30. The SMILES string of the molecule is CC(C)Cn1cc(CN2C[C@@H](O)C[C@@H]2c2ccc(F)c(F)c2)cn1. The highest BCUT2D eigenvalue weighted by atomic mass is 19.2. The number of β-amino-alcohol motifs (C(OH)–C–C–N with tert-alkyl or cyclic N) is 1. The summed E-state index contributed by atoms with van der Waals surface area (Å²) in [5, 5.41) is 14.4. The van der Waals surface area contributed by atoms with E-state index in [-0.39, 0.29) is 6.04 Å². The number of hydrogen-bond acceptors (Lipinski definition) is 3. The van der Waals surface area contributed by atoms with E-state index in [1.54, 1.807) is 6.07 Å². The normalized spacial score (nSPS) is 21.8. The summed E-state index contributed by atoms with van der Waals surface area (Å²) >= 11 is 0. The van der Waals surface area contributed by atoms with Crippen LogP contribution in [0.1, 0.15) is 37.4 Å². The molecule has 0 spiro atoms. The van der Waals surface area contributed by atoms with Crippen molar-refractivity contribution in [2.75, 3.05) is 6.54 Å². The number of aliphatic hydroxyl groups is 1. The van der Waals surface area contributed by atoms with E-state index in [2.05, 4.69) is 23.8 Å². The van der Waals surface area contributed by atoms with Crippen molar-refractivity contribution in [3.63, 3.8) is 0 Å². The van der Waals surface area contributed by atoms with E-state index >= 15 is 0 Å². The second-order valence-electron chi connectivity index (χ2n) is 6.97. The van der Waals surface area contributed by atoms with Crippen LogP contribution in [0.5, 0.6) is 0 Å². The fourth-order valence-electron chi connectivity index (χ4n) is 3.32. The minimum absolute atomic E-state index is 0.122. The van der Waals surface area contributed by atoms with Crippen LogP contribution in [-0.4, -0.2) is 32.4 Å². The van der Waals surface area contributed by atoms with Gasteiger partial charge < -0.3 is 5.11 Å². The maximum absolute atomic E-state index is 13.5. The molecule has 1 aliphatic heterocycles. The van der Waals surface area contributed by atoms with Crippen LogP contribution in [0.3, 0.4) is 0 Å². The van der Waals surface area contributed by atoms with E-state index < -0.39 is 17.7 Å². The van der Waals surface area contributed by atoms with E-state index in [0.29, 0.717) is 31.0 Å².